The Morgan fingerprint density at radius 2 is 2.28 bits per heavy atom. The van der Waals surface area contributed by atoms with Crippen LogP contribution in [0.5, 0.6) is 0 Å². The summed E-state index contributed by atoms with van der Waals surface area (Å²) in [5.74, 6) is 0. The number of hydrogen-bond acceptors (Lipinski definition) is 3. The molecule has 0 saturated carbocycles. The Labute approximate surface area is 107 Å². The smallest absolute Gasteiger partial charge is 0.101 e. The Kier molecular flexibility index (Phi) is 4.66. The number of alkyl halides is 1. The van der Waals surface area contributed by atoms with Crippen molar-refractivity contribution in [3.05, 3.63) is 29.6 Å². The maximum atomic E-state index is 13.2. The molecule has 0 aromatic carbocycles. The zero-order chi connectivity index (χ0) is 13.0. The molecule has 2 heterocycles. The molecule has 0 radical (unpaired) electrons. The van der Waals surface area contributed by atoms with Crippen LogP contribution >= 0.6 is 0 Å². The summed E-state index contributed by atoms with van der Waals surface area (Å²) >= 11 is 0. The second kappa shape index (κ2) is 6.25. The van der Waals surface area contributed by atoms with Crippen LogP contribution in [0.1, 0.15) is 30.7 Å². The third-order valence-corrected chi connectivity index (χ3v) is 3.48. The van der Waals surface area contributed by atoms with Gasteiger partial charge in [-0.25, -0.2) is 4.39 Å². The Balaban J connectivity index is 1.92. The van der Waals surface area contributed by atoms with Crippen LogP contribution in [0.2, 0.25) is 0 Å². The molecular weight excluding hydrogens is 231 g/mol. The predicted octanol–water partition coefficient (Wildman–Crippen LogP) is 1.77. The van der Waals surface area contributed by atoms with Crippen LogP contribution in [0.4, 0.5) is 4.39 Å². The summed E-state index contributed by atoms with van der Waals surface area (Å²) in [4.78, 5) is 4.38. The standard InChI is InChI=1S/C14H21FN2O/c1-10-3-2-4-12(17-10)9-14(18)13-6-5-11(15)7-8-16-13/h2-4,11,13-14,16,18H,5-9H2,1H3/t11?,13-,14?/m0/s1. The van der Waals surface area contributed by atoms with Crippen LogP contribution in [0, 0.1) is 6.92 Å². The number of aromatic nitrogens is 1. The molecule has 0 amide bonds. The lowest BCUT2D eigenvalue weighted by atomic mass is 10.0. The van der Waals surface area contributed by atoms with E-state index >= 15 is 0 Å². The van der Waals surface area contributed by atoms with Gasteiger partial charge in [0.2, 0.25) is 0 Å². The summed E-state index contributed by atoms with van der Waals surface area (Å²) in [7, 11) is 0. The Morgan fingerprint density at radius 3 is 3.06 bits per heavy atom. The van der Waals surface area contributed by atoms with Crippen molar-refractivity contribution in [2.24, 2.45) is 0 Å². The first-order valence-corrected chi connectivity index (χ1v) is 6.63. The van der Waals surface area contributed by atoms with Gasteiger partial charge in [-0.15, -0.1) is 0 Å². The molecule has 2 rings (SSSR count). The van der Waals surface area contributed by atoms with Crippen molar-refractivity contribution >= 4 is 0 Å². The normalized spacial score (nSPS) is 26.6. The Hall–Kier alpha value is -1.00. The molecule has 2 unspecified atom stereocenters. The van der Waals surface area contributed by atoms with Crippen molar-refractivity contribution in [3.8, 4) is 0 Å². The minimum atomic E-state index is -0.730. The molecule has 18 heavy (non-hydrogen) atoms. The fourth-order valence-corrected chi connectivity index (χ4v) is 2.43. The van der Waals surface area contributed by atoms with E-state index in [4.69, 9.17) is 0 Å². The third-order valence-electron chi connectivity index (χ3n) is 3.48. The third kappa shape index (κ3) is 3.75. The number of pyridine rings is 1. The quantitative estimate of drug-likeness (QED) is 0.862. The van der Waals surface area contributed by atoms with E-state index in [2.05, 4.69) is 10.3 Å². The first kappa shape index (κ1) is 13.4. The number of aliphatic hydroxyl groups excluding tert-OH is 1. The maximum Gasteiger partial charge on any atom is 0.101 e. The number of halogens is 1. The second-order valence-corrected chi connectivity index (χ2v) is 5.07. The SMILES string of the molecule is Cc1cccc(CC(O)[C@@H]2CCC(F)CCN2)n1. The molecule has 1 aromatic rings. The minimum absolute atomic E-state index is 0.0203. The average molecular weight is 252 g/mol. The molecule has 1 fully saturated rings. The summed E-state index contributed by atoms with van der Waals surface area (Å²) in [5.41, 5.74) is 1.85. The number of nitrogens with one attached hydrogen (secondary N) is 1. The first-order chi connectivity index (χ1) is 8.65. The Bertz CT molecular complexity index is 386. The van der Waals surface area contributed by atoms with E-state index in [0.717, 1.165) is 11.4 Å². The molecule has 2 N–H and O–H groups in total. The molecule has 1 aliphatic heterocycles. The lowest BCUT2D eigenvalue weighted by Gasteiger charge is -2.22. The van der Waals surface area contributed by atoms with Gasteiger partial charge in [0.05, 0.1) is 6.10 Å². The lowest BCUT2D eigenvalue weighted by Crippen LogP contribution is -2.40. The van der Waals surface area contributed by atoms with Crippen LogP contribution in [0.15, 0.2) is 18.2 Å². The van der Waals surface area contributed by atoms with Crippen molar-refractivity contribution in [1.82, 2.24) is 10.3 Å². The summed E-state index contributed by atoms with van der Waals surface area (Å²) < 4.78 is 13.2. The minimum Gasteiger partial charge on any atom is -0.391 e. The van der Waals surface area contributed by atoms with E-state index in [-0.39, 0.29) is 6.04 Å². The molecule has 1 aromatic heterocycles. The highest BCUT2D eigenvalue weighted by Gasteiger charge is 2.24. The molecular formula is C14H21FN2O. The molecule has 1 saturated heterocycles. The summed E-state index contributed by atoms with van der Waals surface area (Å²) in [6.07, 6.45) is 1.07. The molecule has 100 valence electrons. The van der Waals surface area contributed by atoms with Crippen LogP contribution in [-0.4, -0.2) is 35.0 Å². The van der Waals surface area contributed by atoms with Crippen molar-refractivity contribution in [3.63, 3.8) is 0 Å². The van der Waals surface area contributed by atoms with Gasteiger partial charge in [0, 0.05) is 23.9 Å². The van der Waals surface area contributed by atoms with Gasteiger partial charge in [-0.1, -0.05) is 6.07 Å². The van der Waals surface area contributed by atoms with Crippen molar-refractivity contribution in [1.29, 1.82) is 0 Å². The highest BCUT2D eigenvalue weighted by molar-refractivity contribution is 5.11. The van der Waals surface area contributed by atoms with Gasteiger partial charge in [-0.05, 0) is 44.9 Å². The van der Waals surface area contributed by atoms with Gasteiger partial charge in [0.15, 0.2) is 0 Å². The number of aliphatic hydroxyl groups is 1. The summed E-state index contributed by atoms with van der Waals surface area (Å²) in [6, 6.07) is 5.79. The van der Waals surface area contributed by atoms with E-state index in [1.165, 1.54) is 0 Å². The molecule has 4 heteroatoms. The molecule has 1 aliphatic rings. The fourth-order valence-electron chi connectivity index (χ4n) is 2.43. The molecule has 0 spiro atoms. The van der Waals surface area contributed by atoms with Gasteiger partial charge in [-0.3, -0.25) is 4.98 Å². The van der Waals surface area contributed by atoms with Crippen LogP contribution in [0.25, 0.3) is 0 Å². The van der Waals surface area contributed by atoms with E-state index in [1.54, 1.807) is 0 Å². The summed E-state index contributed by atoms with van der Waals surface area (Å²) in [6.45, 7) is 2.58. The van der Waals surface area contributed by atoms with Gasteiger partial charge >= 0.3 is 0 Å². The average Bonchev–Trinajstić information content (AvgIpc) is 2.54. The van der Waals surface area contributed by atoms with Crippen molar-refractivity contribution < 1.29 is 9.50 Å². The van der Waals surface area contributed by atoms with E-state index in [0.29, 0.717) is 32.2 Å². The monoisotopic (exact) mass is 252 g/mol. The second-order valence-electron chi connectivity index (χ2n) is 5.07. The zero-order valence-corrected chi connectivity index (χ0v) is 10.8. The lowest BCUT2D eigenvalue weighted by molar-refractivity contribution is 0.123. The van der Waals surface area contributed by atoms with Crippen LogP contribution in [-0.2, 0) is 6.42 Å². The highest BCUT2D eigenvalue weighted by Crippen LogP contribution is 2.16. The molecule has 3 atom stereocenters. The summed E-state index contributed by atoms with van der Waals surface area (Å²) in [5, 5.41) is 13.4. The molecule has 3 nitrogen and oxygen atoms in total. The first-order valence-electron chi connectivity index (χ1n) is 6.63. The predicted molar refractivity (Wildman–Crippen MR) is 69.2 cm³/mol. The topological polar surface area (TPSA) is 45.1 Å². The molecule has 0 bridgehead atoms. The van der Waals surface area contributed by atoms with Crippen LogP contribution in [0.3, 0.4) is 0 Å². The van der Waals surface area contributed by atoms with Crippen molar-refractivity contribution in [2.45, 2.75) is 50.9 Å². The highest BCUT2D eigenvalue weighted by atomic mass is 19.1. The maximum absolute atomic E-state index is 13.2. The van der Waals surface area contributed by atoms with E-state index < -0.39 is 12.3 Å². The number of nitrogens with zero attached hydrogens (tertiary/aromatic N) is 1. The van der Waals surface area contributed by atoms with Gasteiger partial charge in [-0.2, -0.15) is 0 Å². The Morgan fingerprint density at radius 1 is 1.44 bits per heavy atom. The van der Waals surface area contributed by atoms with Crippen molar-refractivity contribution in [2.75, 3.05) is 6.54 Å². The van der Waals surface area contributed by atoms with Gasteiger partial charge in [0.1, 0.15) is 6.17 Å². The number of aryl methyl sites for hydroxylation is 1. The van der Waals surface area contributed by atoms with E-state index in [1.807, 2.05) is 25.1 Å². The fraction of sp³-hybridized carbons (Fsp3) is 0.643. The van der Waals surface area contributed by atoms with Crippen LogP contribution < -0.4 is 5.32 Å². The van der Waals surface area contributed by atoms with Gasteiger partial charge in [0.25, 0.3) is 0 Å². The number of hydrogen-bond donors (Lipinski definition) is 2. The molecule has 0 aliphatic carbocycles. The van der Waals surface area contributed by atoms with E-state index in [9.17, 15) is 9.50 Å². The number of rotatable bonds is 3. The van der Waals surface area contributed by atoms with Gasteiger partial charge < -0.3 is 10.4 Å². The largest absolute Gasteiger partial charge is 0.391 e. The zero-order valence-electron chi connectivity index (χ0n) is 10.8.